The molecule has 4 aromatic heterocycles. The van der Waals surface area contributed by atoms with Gasteiger partial charge in [0.1, 0.15) is 0 Å². The first-order valence-electron chi connectivity index (χ1n) is 9.50. The van der Waals surface area contributed by atoms with Crippen molar-refractivity contribution in [2.45, 2.75) is 11.8 Å². The first-order valence-corrected chi connectivity index (χ1v) is 9.50. The van der Waals surface area contributed by atoms with E-state index in [0.29, 0.717) is 24.8 Å². The van der Waals surface area contributed by atoms with Gasteiger partial charge in [-0.25, -0.2) is 9.97 Å². The van der Waals surface area contributed by atoms with Crippen LogP contribution in [-0.2, 0) is 0 Å². The fourth-order valence-corrected chi connectivity index (χ4v) is 3.71. The van der Waals surface area contributed by atoms with E-state index in [4.69, 9.17) is 4.52 Å². The summed E-state index contributed by atoms with van der Waals surface area (Å²) in [5.41, 5.74) is 1.83. The molecule has 0 N–H and O–H groups in total. The molecule has 9 nitrogen and oxygen atoms in total. The minimum absolute atomic E-state index is 0.0305. The molecule has 5 heterocycles. The Morgan fingerprint density at radius 3 is 2.50 bits per heavy atom. The van der Waals surface area contributed by atoms with Crippen LogP contribution in [0.5, 0.6) is 0 Å². The average Bonchev–Trinajstić information content (AvgIpc) is 3.48. The van der Waals surface area contributed by atoms with E-state index in [1.807, 2.05) is 30.5 Å². The summed E-state index contributed by atoms with van der Waals surface area (Å²) < 4.78 is 5.62. The number of hydrogen-bond acceptors (Lipinski definition) is 8. The van der Waals surface area contributed by atoms with Crippen LogP contribution in [0.4, 0.5) is 0 Å². The molecule has 0 bridgehead atoms. The second-order valence-electron chi connectivity index (χ2n) is 6.97. The molecule has 30 heavy (non-hydrogen) atoms. The fourth-order valence-electron chi connectivity index (χ4n) is 3.71. The number of rotatable bonds is 4. The zero-order chi connectivity index (χ0) is 20.3. The summed E-state index contributed by atoms with van der Waals surface area (Å²) in [6, 6.07) is 9.21. The van der Waals surface area contributed by atoms with Gasteiger partial charge >= 0.3 is 0 Å². The summed E-state index contributed by atoms with van der Waals surface area (Å²) in [5.74, 6) is 0.738. The molecule has 9 heteroatoms. The molecule has 0 saturated carbocycles. The van der Waals surface area contributed by atoms with Crippen LogP contribution in [0.2, 0.25) is 0 Å². The number of aromatic nitrogens is 6. The van der Waals surface area contributed by atoms with Crippen molar-refractivity contribution in [3.05, 3.63) is 84.8 Å². The maximum Gasteiger partial charge on any atom is 0.291 e. The maximum atomic E-state index is 12.9. The quantitative estimate of drug-likeness (QED) is 0.514. The van der Waals surface area contributed by atoms with Gasteiger partial charge in [-0.1, -0.05) is 11.2 Å². The number of hydrogen-bond donors (Lipinski definition) is 0. The SMILES string of the molecule is O=C(c1ncccn1)N1C[C@@H](c2cccnc2)[C@H](c2nc(-c3ccncc3)no2)C1. The van der Waals surface area contributed by atoms with Gasteiger partial charge in [-0.05, 0) is 29.8 Å². The third kappa shape index (κ3) is 3.41. The predicted octanol–water partition coefficient (Wildman–Crippen LogP) is 2.34. The Kier molecular flexibility index (Phi) is 4.68. The minimum Gasteiger partial charge on any atom is -0.339 e. The Balaban J connectivity index is 1.47. The Morgan fingerprint density at radius 2 is 1.73 bits per heavy atom. The molecule has 1 amide bonds. The van der Waals surface area contributed by atoms with E-state index in [9.17, 15) is 4.79 Å². The Labute approximate surface area is 171 Å². The molecule has 0 unspecified atom stereocenters. The minimum atomic E-state index is -0.221. The smallest absolute Gasteiger partial charge is 0.291 e. The lowest BCUT2D eigenvalue weighted by Gasteiger charge is -2.15. The molecule has 1 fully saturated rings. The number of nitrogens with zero attached hydrogens (tertiary/aromatic N) is 7. The molecule has 4 aromatic rings. The molecule has 148 valence electrons. The van der Waals surface area contributed by atoms with Gasteiger partial charge in [-0.2, -0.15) is 4.98 Å². The van der Waals surface area contributed by atoms with E-state index in [2.05, 4.69) is 30.1 Å². The van der Waals surface area contributed by atoms with Gasteiger partial charge in [-0.15, -0.1) is 0 Å². The summed E-state index contributed by atoms with van der Waals surface area (Å²) in [5, 5.41) is 4.13. The van der Waals surface area contributed by atoms with Crippen molar-refractivity contribution in [2.75, 3.05) is 13.1 Å². The van der Waals surface area contributed by atoms with E-state index in [-0.39, 0.29) is 23.6 Å². The number of pyridine rings is 2. The van der Waals surface area contributed by atoms with E-state index in [1.165, 1.54) is 0 Å². The van der Waals surface area contributed by atoms with Gasteiger partial charge in [0.05, 0.1) is 5.92 Å². The highest BCUT2D eigenvalue weighted by molar-refractivity contribution is 5.90. The maximum absolute atomic E-state index is 12.9. The largest absolute Gasteiger partial charge is 0.339 e. The molecule has 1 aliphatic heterocycles. The number of carbonyl (C=O) groups is 1. The van der Waals surface area contributed by atoms with E-state index < -0.39 is 0 Å². The van der Waals surface area contributed by atoms with Crippen molar-refractivity contribution < 1.29 is 9.32 Å². The number of likely N-dealkylation sites (tertiary alicyclic amines) is 1. The highest BCUT2D eigenvalue weighted by atomic mass is 16.5. The fraction of sp³-hybridized carbons (Fsp3) is 0.190. The molecule has 2 atom stereocenters. The third-order valence-corrected chi connectivity index (χ3v) is 5.17. The van der Waals surface area contributed by atoms with Gasteiger partial charge in [0, 0.05) is 61.8 Å². The monoisotopic (exact) mass is 399 g/mol. The molecular formula is C21H17N7O2. The predicted molar refractivity (Wildman–Crippen MR) is 105 cm³/mol. The van der Waals surface area contributed by atoms with Crippen molar-refractivity contribution >= 4 is 5.91 Å². The molecule has 1 aliphatic rings. The van der Waals surface area contributed by atoms with Crippen LogP contribution in [0, 0.1) is 0 Å². The first kappa shape index (κ1) is 18.0. The van der Waals surface area contributed by atoms with Crippen molar-refractivity contribution in [3.63, 3.8) is 0 Å². The summed E-state index contributed by atoms with van der Waals surface area (Å²) in [6.07, 6.45) is 10.0. The lowest BCUT2D eigenvalue weighted by atomic mass is 9.90. The van der Waals surface area contributed by atoms with Gasteiger partial charge in [0.25, 0.3) is 5.91 Å². The van der Waals surface area contributed by atoms with Crippen LogP contribution in [0.25, 0.3) is 11.4 Å². The van der Waals surface area contributed by atoms with Crippen LogP contribution >= 0.6 is 0 Å². The zero-order valence-corrected chi connectivity index (χ0v) is 15.9. The Bertz CT molecular complexity index is 1140. The molecule has 5 rings (SSSR count). The van der Waals surface area contributed by atoms with Crippen molar-refractivity contribution in [2.24, 2.45) is 0 Å². The van der Waals surface area contributed by atoms with Crippen LogP contribution in [0.3, 0.4) is 0 Å². The summed E-state index contributed by atoms with van der Waals surface area (Å²) >= 11 is 0. The standard InChI is InChI=1S/C21H17N7O2/c29-21(19-24-7-2-8-25-19)28-12-16(15-3-1-6-23-11-15)17(13-28)20-26-18(27-30-20)14-4-9-22-10-5-14/h1-11,16-17H,12-13H2/t16-,17+/m0/s1. The summed E-state index contributed by atoms with van der Waals surface area (Å²) in [4.78, 5) is 35.7. The molecule has 0 aliphatic carbocycles. The van der Waals surface area contributed by atoms with Crippen LogP contribution in [0.15, 0.2) is 72.0 Å². The van der Waals surface area contributed by atoms with Crippen LogP contribution in [-0.4, -0.2) is 54.0 Å². The van der Waals surface area contributed by atoms with E-state index in [0.717, 1.165) is 11.1 Å². The normalized spacial score (nSPS) is 18.5. The lowest BCUT2D eigenvalue weighted by Crippen LogP contribution is -2.30. The molecule has 0 spiro atoms. The van der Waals surface area contributed by atoms with Gasteiger partial charge < -0.3 is 9.42 Å². The number of carbonyl (C=O) groups excluding carboxylic acids is 1. The Morgan fingerprint density at radius 1 is 0.933 bits per heavy atom. The second kappa shape index (κ2) is 7.78. The van der Waals surface area contributed by atoms with Crippen LogP contribution < -0.4 is 0 Å². The van der Waals surface area contributed by atoms with Crippen molar-refractivity contribution in [1.29, 1.82) is 0 Å². The Hall–Kier alpha value is -4.01. The highest BCUT2D eigenvalue weighted by Crippen LogP contribution is 2.39. The van der Waals surface area contributed by atoms with E-state index >= 15 is 0 Å². The second-order valence-corrected chi connectivity index (χ2v) is 6.97. The molecular weight excluding hydrogens is 382 g/mol. The zero-order valence-electron chi connectivity index (χ0n) is 15.9. The summed E-state index contributed by atoms with van der Waals surface area (Å²) in [6.45, 7) is 0.912. The van der Waals surface area contributed by atoms with Crippen molar-refractivity contribution in [3.8, 4) is 11.4 Å². The highest BCUT2D eigenvalue weighted by Gasteiger charge is 2.41. The molecule has 0 aromatic carbocycles. The topological polar surface area (TPSA) is 111 Å². The molecule has 1 saturated heterocycles. The van der Waals surface area contributed by atoms with E-state index in [1.54, 1.807) is 42.0 Å². The third-order valence-electron chi connectivity index (χ3n) is 5.17. The van der Waals surface area contributed by atoms with Crippen molar-refractivity contribution in [1.82, 2.24) is 35.0 Å². The van der Waals surface area contributed by atoms with Crippen LogP contribution in [0.1, 0.15) is 33.9 Å². The van der Waals surface area contributed by atoms with Gasteiger partial charge in [0.2, 0.25) is 17.5 Å². The van der Waals surface area contributed by atoms with Gasteiger partial charge in [0.15, 0.2) is 0 Å². The summed E-state index contributed by atoms with van der Waals surface area (Å²) in [7, 11) is 0. The first-order chi connectivity index (χ1) is 14.8. The van der Waals surface area contributed by atoms with Gasteiger partial charge in [-0.3, -0.25) is 14.8 Å². The molecule has 0 radical (unpaired) electrons. The average molecular weight is 399 g/mol. The lowest BCUT2D eigenvalue weighted by molar-refractivity contribution is 0.0776. The number of amides is 1.